The van der Waals surface area contributed by atoms with Gasteiger partial charge in [0.15, 0.2) is 0 Å². The van der Waals surface area contributed by atoms with Crippen LogP contribution in [0.5, 0.6) is 0 Å². The number of amides is 1. The molecule has 0 rings (SSSR count). The van der Waals surface area contributed by atoms with E-state index in [0.29, 0.717) is 19.4 Å². The van der Waals surface area contributed by atoms with Gasteiger partial charge in [-0.3, -0.25) is 9.59 Å². The SMILES string of the molecule is CCCCCCCCCCCCCC/C=C/C(O)C(CO)NC(=O)CCCCCCCCCCCCCCCCCCC/C=C\CCCCCCCCCCCCCCCCCCOC(=O)CCCCCCCCCCCCCCCCCCCC. The number of aliphatic hydroxyl groups is 2. The zero-order valence-corrected chi connectivity index (χ0v) is 58.6. The number of carbonyl (C=O) groups excluding carboxylic acids is 2. The first-order valence-corrected chi connectivity index (χ1v) is 39.6. The van der Waals surface area contributed by atoms with Crippen molar-refractivity contribution in [3.63, 3.8) is 0 Å². The summed E-state index contributed by atoms with van der Waals surface area (Å²) in [5.74, 6) is -0.0348. The molecule has 0 spiro atoms. The Labute approximate surface area is 539 Å². The highest BCUT2D eigenvalue weighted by Gasteiger charge is 2.18. The minimum absolute atomic E-state index is 0.0266. The minimum atomic E-state index is -0.841. The van der Waals surface area contributed by atoms with Gasteiger partial charge < -0.3 is 20.3 Å². The van der Waals surface area contributed by atoms with Crippen molar-refractivity contribution in [2.45, 2.75) is 463 Å². The van der Waals surface area contributed by atoms with Crippen molar-refractivity contribution in [1.82, 2.24) is 5.32 Å². The molecular formula is C80H155NO5. The molecule has 0 bridgehead atoms. The Morgan fingerprint density at radius 2 is 0.547 bits per heavy atom. The zero-order chi connectivity index (χ0) is 62.0. The molecular weight excluding hydrogens is 1050 g/mol. The molecule has 0 aliphatic heterocycles. The van der Waals surface area contributed by atoms with Crippen molar-refractivity contribution < 1.29 is 24.5 Å². The van der Waals surface area contributed by atoms with E-state index >= 15 is 0 Å². The molecule has 1 amide bonds. The van der Waals surface area contributed by atoms with Gasteiger partial charge >= 0.3 is 5.97 Å². The van der Waals surface area contributed by atoms with E-state index in [-0.39, 0.29) is 18.5 Å². The first kappa shape index (κ1) is 84.3. The van der Waals surface area contributed by atoms with Gasteiger partial charge in [-0.25, -0.2) is 0 Å². The first-order chi connectivity index (χ1) is 42.5. The minimum Gasteiger partial charge on any atom is -0.466 e. The summed E-state index contributed by atoms with van der Waals surface area (Å²) in [7, 11) is 0. The van der Waals surface area contributed by atoms with Crippen LogP contribution >= 0.6 is 0 Å². The molecule has 0 aliphatic carbocycles. The second kappa shape index (κ2) is 75.8. The van der Waals surface area contributed by atoms with E-state index in [0.717, 1.165) is 38.5 Å². The Bertz CT molecular complexity index is 1350. The molecule has 0 aromatic carbocycles. The number of hydrogen-bond donors (Lipinski definition) is 3. The van der Waals surface area contributed by atoms with Crippen LogP contribution in [0.25, 0.3) is 0 Å². The number of unbranched alkanes of at least 4 members (excludes halogenated alkanes) is 62. The molecule has 0 aromatic heterocycles. The highest BCUT2D eigenvalue weighted by Crippen LogP contribution is 2.20. The van der Waals surface area contributed by atoms with Crippen molar-refractivity contribution in [3.05, 3.63) is 24.3 Å². The van der Waals surface area contributed by atoms with Crippen molar-refractivity contribution in [2.24, 2.45) is 0 Å². The summed E-state index contributed by atoms with van der Waals surface area (Å²) < 4.78 is 5.52. The smallest absolute Gasteiger partial charge is 0.305 e. The molecule has 2 unspecified atom stereocenters. The van der Waals surface area contributed by atoms with Crippen LogP contribution in [-0.2, 0) is 14.3 Å². The molecule has 6 heteroatoms. The number of ether oxygens (including phenoxy) is 1. The number of hydrogen-bond acceptors (Lipinski definition) is 5. The maximum absolute atomic E-state index is 12.5. The van der Waals surface area contributed by atoms with Gasteiger partial charge in [-0.2, -0.15) is 0 Å². The summed E-state index contributed by atoms with van der Waals surface area (Å²) in [4.78, 5) is 24.6. The molecule has 0 radical (unpaired) electrons. The monoisotopic (exact) mass is 1210 g/mol. The molecule has 0 fully saturated rings. The van der Waals surface area contributed by atoms with Crippen LogP contribution in [-0.4, -0.2) is 47.4 Å². The maximum atomic E-state index is 12.5. The first-order valence-electron chi connectivity index (χ1n) is 39.6. The lowest BCUT2D eigenvalue weighted by Gasteiger charge is -2.20. The van der Waals surface area contributed by atoms with E-state index in [1.807, 2.05) is 6.08 Å². The average Bonchev–Trinajstić information content (AvgIpc) is 3.53. The fourth-order valence-corrected chi connectivity index (χ4v) is 12.7. The lowest BCUT2D eigenvalue weighted by Crippen LogP contribution is -2.45. The molecule has 2 atom stereocenters. The molecule has 0 aromatic rings. The number of nitrogens with one attached hydrogen (secondary N) is 1. The van der Waals surface area contributed by atoms with Crippen LogP contribution in [0, 0.1) is 0 Å². The summed E-state index contributed by atoms with van der Waals surface area (Å²) in [6, 6.07) is -0.624. The van der Waals surface area contributed by atoms with Gasteiger partial charge in [-0.1, -0.05) is 404 Å². The van der Waals surface area contributed by atoms with Crippen LogP contribution in [0.3, 0.4) is 0 Å². The van der Waals surface area contributed by atoms with Gasteiger partial charge in [0.25, 0.3) is 0 Å². The predicted molar refractivity (Wildman–Crippen MR) is 380 cm³/mol. The van der Waals surface area contributed by atoms with E-state index in [2.05, 4.69) is 31.3 Å². The molecule has 0 heterocycles. The molecule has 0 saturated carbocycles. The van der Waals surface area contributed by atoms with Gasteiger partial charge in [0.2, 0.25) is 5.91 Å². The van der Waals surface area contributed by atoms with E-state index in [4.69, 9.17) is 4.74 Å². The molecule has 86 heavy (non-hydrogen) atoms. The normalized spacial score (nSPS) is 12.6. The van der Waals surface area contributed by atoms with Crippen LogP contribution in [0.1, 0.15) is 450 Å². The zero-order valence-electron chi connectivity index (χ0n) is 58.6. The quantitative estimate of drug-likeness (QED) is 0.0320. The second-order valence-electron chi connectivity index (χ2n) is 27.4. The Hall–Kier alpha value is -1.66. The number of carbonyl (C=O) groups is 2. The Morgan fingerprint density at radius 3 is 0.826 bits per heavy atom. The largest absolute Gasteiger partial charge is 0.466 e. The Kier molecular flexibility index (Phi) is 74.3. The molecule has 6 nitrogen and oxygen atoms in total. The summed E-state index contributed by atoms with van der Waals surface area (Å²) in [6.07, 6.45) is 97.4. The third-order valence-corrected chi connectivity index (χ3v) is 18.7. The lowest BCUT2D eigenvalue weighted by atomic mass is 10.0. The summed E-state index contributed by atoms with van der Waals surface area (Å²) >= 11 is 0. The van der Waals surface area contributed by atoms with E-state index in [1.54, 1.807) is 6.08 Å². The Morgan fingerprint density at radius 1 is 0.314 bits per heavy atom. The highest BCUT2D eigenvalue weighted by molar-refractivity contribution is 5.76. The number of allylic oxidation sites excluding steroid dienone is 3. The fourth-order valence-electron chi connectivity index (χ4n) is 12.7. The van der Waals surface area contributed by atoms with Crippen LogP contribution in [0.2, 0.25) is 0 Å². The van der Waals surface area contributed by atoms with Gasteiger partial charge in [-0.05, 0) is 57.8 Å². The van der Waals surface area contributed by atoms with Gasteiger partial charge in [0.1, 0.15) is 0 Å². The van der Waals surface area contributed by atoms with Crippen molar-refractivity contribution >= 4 is 11.9 Å². The molecule has 3 N–H and O–H groups in total. The standard InChI is InChI=1S/C80H155NO5/c1-3-5-7-9-11-13-15-17-19-20-43-46-50-54-58-62-66-70-74-80(85)86-75-71-67-63-59-55-51-47-44-41-39-37-35-33-31-29-27-25-23-21-22-24-26-28-30-32-34-36-38-40-42-45-49-53-57-61-65-69-73-79(84)81-77(76-82)78(83)72-68-64-60-56-52-48-18-16-14-12-10-8-6-4-2/h21,23,68,72,77-78,82-83H,3-20,22,24-67,69-71,73-76H2,1-2H3,(H,81,84)/b23-21-,72-68+. The number of esters is 1. The van der Waals surface area contributed by atoms with Gasteiger partial charge in [0, 0.05) is 12.8 Å². The van der Waals surface area contributed by atoms with Crippen LogP contribution in [0.4, 0.5) is 0 Å². The van der Waals surface area contributed by atoms with Crippen LogP contribution < -0.4 is 5.32 Å². The molecule has 0 saturated heterocycles. The van der Waals surface area contributed by atoms with Gasteiger partial charge in [-0.15, -0.1) is 0 Å². The second-order valence-corrected chi connectivity index (χ2v) is 27.4. The maximum Gasteiger partial charge on any atom is 0.305 e. The average molecular weight is 1210 g/mol. The summed E-state index contributed by atoms with van der Waals surface area (Å²) in [6.45, 7) is 4.95. The van der Waals surface area contributed by atoms with Crippen molar-refractivity contribution in [1.29, 1.82) is 0 Å². The van der Waals surface area contributed by atoms with Crippen molar-refractivity contribution in [3.8, 4) is 0 Å². The number of aliphatic hydroxyl groups excluding tert-OH is 2. The fraction of sp³-hybridized carbons (Fsp3) is 0.925. The summed E-state index contributed by atoms with van der Waals surface area (Å²) in [5, 5.41) is 23.2. The predicted octanol–water partition coefficient (Wildman–Crippen LogP) is 26.0. The Balaban J connectivity index is 3.31. The van der Waals surface area contributed by atoms with E-state index < -0.39 is 12.1 Å². The topological polar surface area (TPSA) is 95.9 Å². The highest BCUT2D eigenvalue weighted by atomic mass is 16.5. The van der Waals surface area contributed by atoms with Crippen LogP contribution in [0.15, 0.2) is 24.3 Å². The molecule has 0 aliphatic rings. The number of rotatable bonds is 75. The molecule has 510 valence electrons. The van der Waals surface area contributed by atoms with Crippen molar-refractivity contribution in [2.75, 3.05) is 13.2 Å². The summed E-state index contributed by atoms with van der Waals surface area (Å²) in [5.41, 5.74) is 0. The van der Waals surface area contributed by atoms with E-state index in [1.165, 1.54) is 385 Å². The van der Waals surface area contributed by atoms with E-state index in [9.17, 15) is 19.8 Å². The van der Waals surface area contributed by atoms with Gasteiger partial charge in [0.05, 0.1) is 25.4 Å². The third-order valence-electron chi connectivity index (χ3n) is 18.7. The lowest BCUT2D eigenvalue weighted by molar-refractivity contribution is -0.143. The third kappa shape index (κ3) is 71.4.